The molecule has 0 atom stereocenters. The minimum atomic E-state index is 0.267. The number of hydrogen-bond donors (Lipinski definition) is 2. The van der Waals surface area contributed by atoms with Gasteiger partial charge in [0.25, 0.3) is 0 Å². The standard InChI is InChI=1S/C17H20BrN3O3/c1-22-13-5-7-16(24-3)14(9-13)21-17(19)20-10-11-8-12(18)4-6-15(11)23-2/h4-9H,10H2,1-3H3,(H3,19,20,21). The lowest BCUT2D eigenvalue weighted by Gasteiger charge is -2.12. The van der Waals surface area contributed by atoms with E-state index in [1.54, 1.807) is 33.5 Å². The molecule has 2 aromatic rings. The molecule has 0 spiro atoms. The van der Waals surface area contributed by atoms with Crippen LogP contribution in [-0.2, 0) is 6.54 Å². The van der Waals surface area contributed by atoms with E-state index in [1.807, 2.05) is 24.3 Å². The highest BCUT2D eigenvalue weighted by atomic mass is 79.9. The molecular formula is C17H20BrN3O3. The zero-order valence-corrected chi connectivity index (χ0v) is 15.4. The van der Waals surface area contributed by atoms with Crippen LogP contribution in [0.25, 0.3) is 0 Å². The summed E-state index contributed by atoms with van der Waals surface area (Å²) in [4.78, 5) is 4.36. The minimum absolute atomic E-state index is 0.267. The molecule has 0 aliphatic heterocycles. The number of hydrogen-bond acceptors (Lipinski definition) is 4. The van der Waals surface area contributed by atoms with Crippen molar-refractivity contribution in [2.24, 2.45) is 10.7 Å². The molecule has 0 aromatic heterocycles. The summed E-state index contributed by atoms with van der Waals surface area (Å²) < 4.78 is 16.8. The second-order valence-electron chi connectivity index (χ2n) is 4.85. The Hall–Kier alpha value is -2.41. The van der Waals surface area contributed by atoms with E-state index < -0.39 is 0 Å². The van der Waals surface area contributed by atoms with Gasteiger partial charge in [-0.2, -0.15) is 0 Å². The number of guanidine groups is 1. The van der Waals surface area contributed by atoms with Crippen LogP contribution in [0.3, 0.4) is 0 Å². The molecule has 0 saturated carbocycles. The maximum absolute atomic E-state index is 5.99. The fraction of sp³-hybridized carbons (Fsp3) is 0.235. The molecular weight excluding hydrogens is 374 g/mol. The third-order valence-electron chi connectivity index (χ3n) is 3.33. The molecule has 0 unspecified atom stereocenters. The van der Waals surface area contributed by atoms with E-state index in [9.17, 15) is 0 Å². The van der Waals surface area contributed by atoms with E-state index >= 15 is 0 Å². The highest BCUT2D eigenvalue weighted by Crippen LogP contribution is 2.29. The smallest absolute Gasteiger partial charge is 0.193 e. The quantitative estimate of drug-likeness (QED) is 0.580. The Labute approximate surface area is 149 Å². The molecule has 24 heavy (non-hydrogen) atoms. The van der Waals surface area contributed by atoms with Gasteiger partial charge in [-0.15, -0.1) is 0 Å². The normalized spacial score (nSPS) is 11.1. The van der Waals surface area contributed by atoms with Gasteiger partial charge in [-0.25, -0.2) is 4.99 Å². The number of rotatable bonds is 6. The minimum Gasteiger partial charge on any atom is -0.497 e. The van der Waals surface area contributed by atoms with Crippen LogP contribution in [-0.4, -0.2) is 27.3 Å². The van der Waals surface area contributed by atoms with Crippen molar-refractivity contribution in [3.05, 3.63) is 46.4 Å². The summed E-state index contributed by atoms with van der Waals surface area (Å²) >= 11 is 3.44. The van der Waals surface area contributed by atoms with Gasteiger partial charge in [0.2, 0.25) is 0 Å². The van der Waals surface area contributed by atoms with Crippen LogP contribution < -0.4 is 25.3 Å². The lowest BCUT2D eigenvalue weighted by molar-refractivity contribution is 0.405. The van der Waals surface area contributed by atoms with Gasteiger partial charge < -0.3 is 25.3 Å². The van der Waals surface area contributed by atoms with E-state index in [4.69, 9.17) is 19.9 Å². The lowest BCUT2D eigenvalue weighted by Crippen LogP contribution is -2.23. The Bertz CT molecular complexity index is 735. The average molecular weight is 394 g/mol. The van der Waals surface area contributed by atoms with Gasteiger partial charge in [-0.05, 0) is 30.3 Å². The van der Waals surface area contributed by atoms with Crippen LogP contribution in [0, 0.1) is 0 Å². The maximum atomic E-state index is 5.99. The van der Waals surface area contributed by atoms with Gasteiger partial charge in [0.05, 0.1) is 33.6 Å². The van der Waals surface area contributed by atoms with Crippen molar-refractivity contribution in [2.75, 3.05) is 26.6 Å². The number of benzene rings is 2. The summed E-state index contributed by atoms with van der Waals surface area (Å²) in [6, 6.07) is 11.1. The third kappa shape index (κ3) is 4.55. The van der Waals surface area contributed by atoms with Crippen molar-refractivity contribution in [3.8, 4) is 17.2 Å². The number of halogens is 1. The van der Waals surface area contributed by atoms with Gasteiger partial charge in [-0.1, -0.05) is 15.9 Å². The van der Waals surface area contributed by atoms with Crippen molar-refractivity contribution in [1.29, 1.82) is 0 Å². The molecule has 2 rings (SSSR count). The molecule has 7 heteroatoms. The lowest BCUT2D eigenvalue weighted by atomic mass is 10.2. The first kappa shape index (κ1) is 17.9. The summed E-state index contributed by atoms with van der Waals surface area (Å²) in [6.07, 6.45) is 0. The fourth-order valence-corrected chi connectivity index (χ4v) is 2.54. The van der Waals surface area contributed by atoms with Crippen molar-refractivity contribution in [3.63, 3.8) is 0 Å². The Morgan fingerprint density at radius 3 is 2.42 bits per heavy atom. The number of ether oxygens (including phenoxy) is 3. The van der Waals surface area contributed by atoms with Crippen LogP contribution in [0.15, 0.2) is 45.9 Å². The van der Waals surface area contributed by atoms with Gasteiger partial charge in [0, 0.05) is 16.1 Å². The monoisotopic (exact) mass is 393 g/mol. The summed E-state index contributed by atoms with van der Waals surface area (Å²) in [6.45, 7) is 0.383. The predicted molar refractivity (Wildman–Crippen MR) is 99.2 cm³/mol. The number of nitrogens with two attached hydrogens (primary N) is 1. The highest BCUT2D eigenvalue weighted by molar-refractivity contribution is 9.10. The molecule has 0 amide bonds. The zero-order valence-electron chi connectivity index (χ0n) is 13.8. The summed E-state index contributed by atoms with van der Waals surface area (Å²) in [5, 5.41) is 3.03. The largest absolute Gasteiger partial charge is 0.497 e. The number of nitrogens with zero attached hydrogens (tertiary/aromatic N) is 1. The Kier molecular flexibility index (Phi) is 6.31. The van der Waals surface area contributed by atoms with Crippen molar-refractivity contribution < 1.29 is 14.2 Å². The molecule has 0 aliphatic rings. The zero-order chi connectivity index (χ0) is 17.5. The van der Waals surface area contributed by atoms with E-state index in [1.165, 1.54) is 0 Å². The first-order chi connectivity index (χ1) is 11.6. The van der Waals surface area contributed by atoms with E-state index in [-0.39, 0.29) is 5.96 Å². The van der Waals surface area contributed by atoms with Crippen LogP contribution >= 0.6 is 15.9 Å². The van der Waals surface area contributed by atoms with E-state index in [0.717, 1.165) is 15.8 Å². The Morgan fingerprint density at radius 1 is 1.04 bits per heavy atom. The number of anilines is 1. The number of aliphatic imine (C=N–C) groups is 1. The second kappa shape index (κ2) is 8.44. The molecule has 128 valence electrons. The summed E-state index contributed by atoms with van der Waals surface area (Å²) in [5.41, 5.74) is 7.59. The van der Waals surface area contributed by atoms with Crippen LogP contribution in [0.5, 0.6) is 17.2 Å². The topological polar surface area (TPSA) is 78.1 Å². The Morgan fingerprint density at radius 2 is 1.75 bits per heavy atom. The molecule has 0 aliphatic carbocycles. The molecule has 3 N–H and O–H groups in total. The third-order valence-corrected chi connectivity index (χ3v) is 3.82. The predicted octanol–water partition coefficient (Wildman–Crippen LogP) is 3.40. The maximum Gasteiger partial charge on any atom is 0.193 e. The van der Waals surface area contributed by atoms with E-state index in [0.29, 0.717) is 23.7 Å². The number of nitrogens with one attached hydrogen (secondary N) is 1. The summed E-state index contributed by atoms with van der Waals surface area (Å²) in [7, 11) is 4.81. The van der Waals surface area contributed by atoms with E-state index in [2.05, 4.69) is 26.2 Å². The van der Waals surface area contributed by atoms with Gasteiger partial charge >= 0.3 is 0 Å². The summed E-state index contributed by atoms with van der Waals surface area (Å²) in [5.74, 6) is 2.37. The van der Waals surface area contributed by atoms with Gasteiger partial charge in [0.15, 0.2) is 5.96 Å². The second-order valence-corrected chi connectivity index (χ2v) is 5.76. The molecule has 6 nitrogen and oxygen atoms in total. The van der Waals surface area contributed by atoms with Crippen molar-refractivity contribution in [2.45, 2.75) is 6.54 Å². The first-order valence-corrected chi connectivity index (χ1v) is 7.98. The van der Waals surface area contributed by atoms with Gasteiger partial charge in [-0.3, -0.25) is 0 Å². The van der Waals surface area contributed by atoms with Crippen LogP contribution in [0.2, 0.25) is 0 Å². The molecule has 0 bridgehead atoms. The number of methoxy groups -OCH3 is 3. The Balaban J connectivity index is 2.16. The fourth-order valence-electron chi connectivity index (χ4n) is 2.13. The van der Waals surface area contributed by atoms with Crippen LogP contribution in [0.4, 0.5) is 5.69 Å². The van der Waals surface area contributed by atoms with Crippen molar-refractivity contribution in [1.82, 2.24) is 0 Å². The van der Waals surface area contributed by atoms with Crippen molar-refractivity contribution >= 4 is 27.6 Å². The SMILES string of the molecule is COc1ccc(OC)c(NC(N)=NCc2cc(Br)ccc2OC)c1. The molecule has 0 heterocycles. The molecule has 0 radical (unpaired) electrons. The van der Waals surface area contributed by atoms with Crippen LogP contribution in [0.1, 0.15) is 5.56 Å². The highest BCUT2D eigenvalue weighted by Gasteiger charge is 2.07. The first-order valence-electron chi connectivity index (χ1n) is 7.18. The van der Waals surface area contributed by atoms with Gasteiger partial charge in [0.1, 0.15) is 17.2 Å². The molecule has 2 aromatic carbocycles. The molecule has 0 fully saturated rings. The molecule has 0 saturated heterocycles. The average Bonchev–Trinajstić information content (AvgIpc) is 2.60.